The van der Waals surface area contributed by atoms with Gasteiger partial charge in [0.25, 0.3) is 0 Å². The van der Waals surface area contributed by atoms with Crippen molar-refractivity contribution in [2.24, 2.45) is 0 Å². The van der Waals surface area contributed by atoms with E-state index in [1.165, 1.54) is 0 Å². The molecule has 1 N–H and O–H groups in total. The number of nitriles is 1. The molecule has 0 heterocycles. The Bertz CT molecular complexity index is 418. The number of benzene rings is 1. The summed E-state index contributed by atoms with van der Waals surface area (Å²) in [6.45, 7) is 3.27. The van der Waals surface area contributed by atoms with Crippen LogP contribution in [-0.4, -0.2) is 11.3 Å². The standard InChI is InChI=1S/C11H11NO3/c1-11(2,15-10(13)14)9-5-3-4-8(6-9)7-12/h3-6H,1-2H3,(H,13,14). The summed E-state index contributed by atoms with van der Waals surface area (Å²) < 4.78 is 4.73. The molecule has 0 unspecified atom stereocenters. The number of ether oxygens (including phenoxy) is 1. The molecule has 4 heteroatoms. The number of hydrogen-bond acceptors (Lipinski definition) is 3. The molecule has 0 fully saturated rings. The first-order chi connectivity index (χ1) is 6.95. The Kier molecular flexibility index (Phi) is 2.96. The van der Waals surface area contributed by atoms with Gasteiger partial charge >= 0.3 is 6.16 Å². The molecule has 0 saturated heterocycles. The smallest absolute Gasteiger partial charge is 0.450 e. The van der Waals surface area contributed by atoms with Gasteiger partial charge < -0.3 is 9.84 Å². The summed E-state index contributed by atoms with van der Waals surface area (Å²) in [6.07, 6.45) is -1.33. The van der Waals surface area contributed by atoms with Gasteiger partial charge in [0, 0.05) is 0 Å². The van der Waals surface area contributed by atoms with Crippen molar-refractivity contribution in [2.45, 2.75) is 19.4 Å². The van der Waals surface area contributed by atoms with Crippen LogP contribution >= 0.6 is 0 Å². The second-order valence-corrected chi connectivity index (χ2v) is 3.57. The molecular formula is C11H11NO3. The maximum Gasteiger partial charge on any atom is 0.506 e. The van der Waals surface area contributed by atoms with Gasteiger partial charge in [0.2, 0.25) is 0 Å². The molecule has 15 heavy (non-hydrogen) atoms. The zero-order valence-electron chi connectivity index (χ0n) is 8.52. The molecule has 0 saturated carbocycles. The summed E-state index contributed by atoms with van der Waals surface area (Å²) in [5.74, 6) is 0. The van der Waals surface area contributed by atoms with Gasteiger partial charge in [-0.05, 0) is 31.5 Å². The lowest BCUT2D eigenvalue weighted by Gasteiger charge is -2.23. The summed E-state index contributed by atoms with van der Waals surface area (Å²) >= 11 is 0. The second kappa shape index (κ2) is 4.01. The third-order valence-corrected chi connectivity index (χ3v) is 2.03. The topological polar surface area (TPSA) is 70.3 Å². The van der Waals surface area contributed by atoms with E-state index in [1.807, 2.05) is 6.07 Å². The van der Waals surface area contributed by atoms with Crippen LogP contribution in [0, 0.1) is 11.3 Å². The highest BCUT2D eigenvalue weighted by atomic mass is 16.7. The Labute approximate surface area is 87.7 Å². The molecule has 0 aliphatic rings. The summed E-state index contributed by atoms with van der Waals surface area (Å²) in [5, 5.41) is 17.3. The third-order valence-electron chi connectivity index (χ3n) is 2.03. The van der Waals surface area contributed by atoms with Gasteiger partial charge in [-0.1, -0.05) is 12.1 Å². The first kappa shape index (κ1) is 11.1. The monoisotopic (exact) mass is 205 g/mol. The molecule has 0 aliphatic heterocycles. The molecule has 4 nitrogen and oxygen atoms in total. The van der Waals surface area contributed by atoms with Crippen molar-refractivity contribution in [1.29, 1.82) is 5.26 Å². The lowest BCUT2D eigenvalue weighted by Crippen LogP contribution is -2.24. The molecule has 78 valence electrons. The lowest BCUT2D eigenvalue weighted by molar-refractivity contribution is 0.00101. The van der Waals surface area contributed by atoms with E-state index in [0.717, 1.165) is 0 Å². The molecule has 0 bridgehead atoms. The third kappa shape index (κ3) is 2.71. The molecule has 0 aliphatic carbocycles. The Morgan fingerprint density at radius 3 is 2.73 bits per heavy atom. The maximum absolute atomic E-state index is 10.5. The average molecular weight is 205 g/mol. The summed E-state index contributed by atoms with van der Waals surface area (Å²) in [4.78, 5) is 10.5. The van der Waals surface area contributed by atoms with Gasteiger partial charge in [-0.25, -0.2) is 4.79 Å². The van der Waals surface area contributed by atoms with Crippen LogP contribution in [0.15, 0.2) is 24.3 Å². The van der Waals surface area contributed by atoms with Crippen LogP contribution in [0.5, 0.6) is 0 Å². The van der Waals surface area contributed by atoms with Gasteiger partial charge in [0.05, 0.1) is 11.6 Å². The largest absolute Gasteiger partial charge is 0.506 e. The molecular weight excluding hydrogens is 194 g/mol. The van der Waals surface area contributed by atoms with Crippen LogP contribution in [-0.2, 0) is 10.3 Å². The molecule has 1 aromatic rings. The van der Waals surface area contributed by atoms with Gasteiger partial charge in [-0.15, -0.1) is 0 Å². The van der Waals surface area contributed by atoms with Crippen molar-refractivity contribution in [2.75, 3.05) is 0 Å². The van der Waals surface area contributed by atoms with Crippen molar-refractivity contribution < 1.29 is 14.6 Å². The van der Waals surface area contributed by atoms with Crippen molar-refractivity contribution in [3.8, 4) is 6.07 Å². The fourth-order valence-corrected chi connectivity index (χ4v) is 1.24. The fourth-order valence-electron chi connectivity index (χ4n) is 1.24. The van der Waals surface area contributed by atoms with E-state index in [0.29, 0.717) is 11.1 Å². The number of hydrogen-bond donors (Lipinski definition) is 1. The minimum Gasteiger partial charge on any atom is -0.450 e. The van der Waals surface area contributed by atoms with E-state index < -0.39 is 11.8 Å². The number of nitrogens with zero attached hydrogens (tertiary/aromatic N) is 1. The van der Waals surface area contributed by atoms with E-state index in [2.05, 4.69) is 0 Å². The van der Waals surface area contributed by atoms with Crippen LogP contribution in [0.2, 0.25) is 0 Å². The molecule has 0 amide bonds. The molecule has 0 spiro atoms. The fraction of sp³-hybridized carbons (Fsp3) is 0.273. The minimum absolute atomic E-state index is 0.481. The van der Waals surface area contributed by atoms with Crippen LogP contribution in [0.3, 0.4) is 0 Å². The van der Waals surface area contributed by atoms with Gasteiger partial charge in [0.15, 0.2) is 0 Å². The average Bonchev–Trinajstić information content (AvgIpc) is 2.16. The number of carboxylic acid groups (broad SMARTS) is 1. The van der Waals surface area contributed by atoms with Crippen molar-refractivity contribution in [3.63, 3.8) is 0 Å². The normalized spacial score (nSPS) is 10.5. The number of rotatable bonds is 2. The maximum atomic E-state index is 10.5. The Hall–Kier alpha value is -2.02. The molecule has 1 rings (SSSR count). The van der Waals surface area contributed by atoms with Crippen LogP contribution in [0.1, 0.15) is 25.0 Å². The van der Waals surface area contributed by atoms with Gasteiger partial charge in [0.1, 0.15) is 5.60 Å². The molecule has 0 radical (unpaired) electrons. The predicted octanol–water partition coefficient (Wildman–Crippen LogP) is 2.49. The zero-order chi connectivity index (χ0) is 11.5. The first-order valence-corrected chi connectivity index (χ1v) is 4.38. The van der Waals surface area contributed by atoms with Gasteiger partial charge in [-0.3, -0.25) is 0 Å². The first-order valence-electron chi connectivity index (χ1n) is 4.38. The van der Waals surface area contributed by atoms with E-state index in [1.54, 1.807) is 38.1 Å². The van der Waals surface area contributed by atoms with Crippen molar-refractivity contribution in [3.05, 3.63) is 35.4 Å². The van der Waals surface area contributed by atoms with E-state index in [9.17, 15) is 4.79 Å². The van der Waals surface area contributed by atoms with E-state index in [4.69, 9.17) is 15.1 Å². The SMILES string of the molecule is CC(C)(OC(=O)O)c1cccc(C#N)c1. The highest BCUT2D eigenvalue weighted by Crippen LogP contribution is 2.25. The van der Waals surface area contributed by atoms with Crippen LogP contribution < -0.4 is 0 Å². The van der Waals surface area contributed by atoms with Gasteiger partial charge in [-0.2, -0.15) is 5.26 Å². The van der Waals surface area contributed by atoms with E-state index >= 15 is 0 Å². The second-order valence-electron chi connectivity index (χ2n) is 3.57. The highest BCUT2D eigenvalue weighted by molar-refractivity contribution is 5.58. The Morgan fingerprint density at radius 2 is 2.20 bits per heavy atom. The van der Waals surface area contributed by atoms with Crippen molar-refractivity contribution in [1.82, 2.24) is 0 Å². The molecule has 0 atom stereocenters. The minimum atomic E-state index is -1.33. The molecule has 0 aromatic heterocycles. The highest BCUT2D eigenvalue weighted by Gasteiger charge is 2.25. The predicted molar refractivity (Wildman–Crippen MR) is 53.3 cm³/mol. The summed E-state index contributed by atoms with van der Waals surface area (Å²) in [6, 6.07) is 8.68. The Morgan fingerprint density at radius 1 is 1.53 bits per heavy atom. The zero-order valence-corrected chi connectivity index (χ0v) is 8.52. The van der Waals surface area contributed by atoms with Crippen molar-refractivity contribution >= 4 is 6.16 Å². The summed E-state index contributed by atoms with van der Waals surface area (Å²) in [5.41, 5.74) is 0.192. The van der Waals surface area contributed by atoms with Crippen LogP contribution in [0.4, 0.5) is 4.79 Å². The number of carbonyl (C=O) groups is 1. The van der Waals surface area contributed by atoms with E-state index in [-0.39, 0.29) is 0 Å². The molecule has 1 aromatic carbocycles. The van der Waals surface area contributed by atoms with Crippen LogP contribution in [0.25, 0.3) is 0 Å². The summed E-state index contributed by atoms with van der Waals surface area (Å²) in [7, 11) is 0. The lowest BCUT2D eigenvalue weighted by atomic mass is 9.96. The quantitative estimate of drug-likeness (QED) is 0.753. The Balaban J connectivity index is 3.04.